The van der Waals surface area contributed by atoms with Crippen molar-refractivity contribution < 1.29 is 26.8 Å². The summed E-state index contributed by atoms with van der Waals surface area (Å²) in [6, 6.07) is 6.49. The van der Waals surface area contributed by atoms with Crippen LogP contribution in [0.2, 0.25) is 0 Å². The summed E-state index contributed by atoms with van der Waals surface area (Å²) in [7, 11) is -3.52. The highest BCUT2D eigenvalue weighted by atomic mass is 32.2. The summed E-state index contributed by atoms with van der Waals surface area (Å²) >= 11 is 0. The van der Waals surface area contributed by atoms with Gasteiger partial charge in [0.1, 0.15) is 11.6 Å². The highest BCUT2D eigenvalue weighted by Gasteiger charge is 2.13. The lowest BCUT2D eigenvalue weighted by molar-refractivity contribution is -0.117. The topological polar surface area (TPSA) is 105 Å². The Kier molecular flexibility index (Phi) is 6.29. The van der Waals surface area contributed by atoms with Crippen LogP contribution >= 0.6 is 0 Å². The third-order valence-corrected chi connectivity index (χ3v) is 4.34. The summed E-state index contributed by atoms with van der Waals surface area (Å²) in [6.45, 7) is 0.0283. The number of carbonyl (C=O) groups excluding carboxylic acids is 2. The van der Waals surface area contributed by atoms with Gasteiger partial charge in [-0.25, -0.2) is 12.8 Å². The molecular weight excluding hydrogens is 363 g/mol. The van der Waals surface area contributed by atoms with Crippen LogP contribution in [0.4, 0.5) is 10.1 Å². The summed E-state index contributed by atoms with van der Waals surface area (Å²) < 4.78 is 41.7. The first kappa shape index (κ1) is 19.4. The zero-order valence-corrected chi connectivity index (χ0v) is 14.7. The molecule has 1 heterocycles. The minimum atomic E-state index is -3.52. The first-order valence-electron chi connectivity index (χ1n) is 7.54. The molecule has 2 N–H and O–H groups in total. The first-order valence-corrected chi connectivity index (χ1v) is 9.44. The SMILES string of the molecule is CS(=O)(=O)c1ccc(F)c(NC(=O)CCNC(=O)/C=C/c2ccco2)c1. The van der Waals surface area contributed by atoms with E-state index < -0.39 is 27.5 Å². The predicted molar refractivity (Wildman–Crippen MR) is 93.5 cm³/mol. The number of benzene rings is 1. The Bertz CT molecular complexity index is 921. The summed E-state index contributed by atoms with van der Waals surface area (Å²) in [5.74, 6) is -1.22. The summed E-state index contributed by atoms with van der Waals surface area (Å²) in [5.41, 5.74) is -0.234. The van der Waals surface area contributed by atoms with Crippen LogP contribution in [-0.4, -0.2) is 33.0 Å². The Labute approximate surface area is 149 Å². The van der Waals surface area contributed by atoms with Gasteiger partial charge in [0, 0.05) is 25.3 Å². The fourth-order valence-corrected chi connectivity index (χ4v) is 2.59. The highest BCUT2D eigenvalue weighted by Crippen LogP contribution is 2.19. The standard InChI is InChI=1S/C17H17FN2O5S/c1-26(23,24)13-5-6-14(18)15(11-13)20-17(22)8-9-19-16(21)7-4-12-3-2-10-25-12/h2-7,10-11H,8-9H2,1H3,(H,19,21)(H,20,22)/b7-4+. The molecule has 9 heteroatoms. The lowest BCUT2D eigenvalue weighted by Crippen LogP contribution is -2.26. The van der Waals surface area contributed by atoms with Crippen molar-refractivity contribution in [3.63, 3.8) is 0 Å². The number of amides is 2. The molecule has 0 aliphatic heterocycles. The third-order valence-electron chi connectivity index (χ3n) is 3.23. The van der Waals surface area contributed by atoms with Gasteiger partial charge in [0.15, 0.2) is 9.84 Å². The van der Waals surface area contributed by atoms with Crippen LogP contribution in [0.5, 0.6) is 0 Å². The molecule has 2 amide bonds. The molecule has 0 saturated carbocycles. The Morgan fingerprint density at radius 3 is 2.69 bits per heavy atom. The van der Waals surface area contributed by atoms with Crippen molar-refractivity contribution in [3.8, 4) is 0 Å². The van der Waals surface area contributed by atoms with Crippen LogP contribution in [0.1, 0.15) is 12.2 Å². The third kappa shape index (κ3) is 5.85. The average molecular weight is 380 g/mol. The molecule has 0 aliphatic rings. The molecule has 1 aromatic carbocycles. The molecular formula is C17H17FN2O5S. The van der Waals surface area contributed by atoms with E-state index >= 15 is 0 Å². The summed E-state index contributed by atoms with van der Waals surface area (Å²) in [4.78, 5) is 23.3. The van der Waals surface area contributed by atoms with Gasteiger partial charge < -0.3 is 15.1 Å². The fourth-order valence-electron chi connectivity index (χ4n) is 1.95. The molecule has 138 valence electrons. The van der Waals surface area contributed by atoms with Crippen LogP contribution in [0.15, 0.2) is 52.0 Å². The Morgan fingerprint density at radius 2 is 2.04 bits per heavy atom. The lowest BCUT2D eigenvalue weighted by atomic mass is 10.3. The maximum absolute atomic E-state index is 13.7. The van der Waals surface area contributed by atoms with Crippen LogP contribution in [0, 0.1) is 5.82 Å². The van der Waals surface area contributed by atoms with Gasteiger partial charge in [0.2, 0.25) is 11.8 Å². The largest absolute Gasteiger partial charge is 0.465 e. The van der Waals surface area contributed by atoms with Crippen LogP contribution in [0.25, 0.3) is 6.08 Å². The van der Waals surface area contributed by atoms with Crippen molar-refractivity contribution >= 4 is 33.4 Å². The fraction of sp³-hybridized carbons (Fsp3) is 0.176. The molecule has 0 bridgehead atoms. The van der Waals surface area contributed by atoms with E-state index in [0.717, 1.165) is 24.5 Å². The minimum absolute atomic E-state index is 0.0283. The van der Waals surface area contributed by atoms with Crippen molar-refractivity contribution in [1.82, 2.24) is 5.32 Å². The summed E-state index contributed by atoms with van der Waals surface area (Å²) in [6.07, 6.45) is 5.08. The molecule has 0 saturated heterocycles. The van der Waals surface area contributed by atoms with Gasteiger partial charge in [-0.05, 0) is 36.4 Å². The van der Waals surface area contributed by atoms with E-state index in [4.69, 9.17) is 4.42 Å². The minimum Gasteiger partial charge on any atom is -0.465 e. The molecule has 0 aliphatic carbocycles. The number of sulfone groups is 1. The number of hydrogen-bond acceptors (Lipinski definition) is 5. The van der Waals surface area contributed by atoms with E-state index in [2.05, 4.69) is 10.6 Å². The predicted octanol–water partition coefficient (Wildman–Crippen LogP) is 1.98. The molecule has 1 aromatic heterocycles. The summed E-state index contributed by atoms with van der Waals surface area (Å²) in [5, 5.41) is 4.78. The number of furan rings is 1. The second-order valence-electron chi connectivity index (χ2n) is 5.35. The van der Waals surface area contributed by atoms with Gasteiger partial charge in [-0.15, -0.1) is 0 Å². The monoisotopic (exact) mass is 380 g/mol. The number of hydrogen-bond donors (Lipinski definition) is 2. The molecule has 0 atom stereocenters. The maximum atomic E-state index is 13.7. The van der Waals surface area contributed by atoms with Crippen molar-refractivity contribution in [1.29, 1.82) is 0 Å². The Balaban J connectivity index is 1.84. The highest BCUT2D eigenvalue weighted by molar-refractivity contribution is 7.90. The van der Waals surface area contributed by atoms with Crippen molar-refractivity contribution in [2.24, 2.45) is 0 Å². The van der Waals surface area contributed by atoms with Crippen LogP contribution in [0.3, 0.4) is 0 Å². The van der Waals surface area contributed by atoms with Crippen molar-refractivity contribution in [2.45, 2.75) is 11.3 Å². The first-order chi connectivity index (χ1) is 12.3. The molecule has 0 spiro atoms. The van der Waals surface area contributed by atoms with E-state index in [9.17, 15) is 22.4 Å². The lowest BCUT2D eigenvalue weighted by Gasteiger charge is -2.08. The zero-order chi connectivity index (χ0) is 19.2. The average Bonchev–Trinajstić information content (AvgIpc) is 3.07. The van der Waals surface area contributed by atoms with Crippen LogP contribution < -0.4 is 10.6 Å². The second kappa shape index (κ2) is 8.43. The normalized spacial score (nSPS) is 11.5. The number of halogens is 1. The molecule has 26 heavy (non-hydrogen) atoms. The van der Waals surface area contributed by atoms with Gasteiger partial charge >= 0.3 is 0 Å². The van der Waals surface area contributed by atoms with Gasteiger partial charge in [-0.1, -0.05) is 0 Å². The van der Waals surface area contributed by atoms with E-state index in [-0.39, 0.29) is 23.5 Å². The molecule has 7 nitrogen and oxygen atoms in total. The molecule has 2 aromatic rings. The maximum Gasteiger partial charge on any atom is 0.244 e. The molecule has 0 unspecified atom stereocenters. The van der Waals surface area contributed by atoms with E-state index in [1.54, 1.807) is 12.1 Å². The van der Waals surface area contributed by atoms with E-state index in [1.807, 2.05) is 0 Å². The van der Waals surface area contributed by atoms with Gasteiger partial charge in [-0.2, -0.15) is 0 Å². The van der Waals surface area contributed by atoms with Crippen molar-refractivity contribution in [3.05, 3.63) is 54.2 Å². The smallest absolute Gasteiger partial charge is 0.244 e. The van der Waals surface area contributed by atoms with E-state index in [1.165, 1.54) is 18.4 Å². The quantitative estimate of drug-likeness (QED) is 0.564. The molecule has 0 radical (unpaired) electrons. The number of nitrogens with one attached hydrogen (secondary N) is 2. The molecule has 2 rings (SSSR count). The van der Waals surface area contributed by atoms with E-state index in [0.29, 0.717) is 5.76 Å². The number of anilines is 1. The molecule has 0 fully saturated rings. The Morgan fingerprint density at radius 1 is 1.27 bits per heavy atom. The van der Waals surface area contributed by atoms with Gasteiger partial charge in [0.25, 0.3) is 0 Å². The Hall–Kier alpha value is -2.94. The van der Waals surface area contributed by atoms with Gasteiger partial charge in [-0.3, -0.25) is 9.59 Å². The second-order valence-corrected chi connectivity index (χ2v) is 7.37. The number of rotatable bonds is 7. The van der Waals surface area contributed by atoms with Gasteiger partial charge in [0.05, 0.1) is 16.8 Å². The van der Waals surface area contributed by atoms with Crippen molar-refractivity contribution in [2.75, 3.05) is 18.1 Å². The van der Waals surface area contributed by atoms with Crippen LogP contribution in [-0.2, 0) is 19.4 Å². The zero-order valence-electron chi connectivity index (χ0n) is 13.9. The number of carbonyl (C=O) groups is 2.